The fourth-order valence-corrected chi connectivity index (χ4v) is 3.34. The standard InChI is InChI=1S/C20H23N3O2/c1-16(24)23-12-6-10-19(23)20(25)22(14-17-7-3-2-4-8-17)15-18-9-5-11-21-13-18/h2-5,7-9,11,13,19H,6,10,12,14-15H2,1H3. The van der Waals surface area contributed by atoms with Gasteiger partial charge >= 0.3 is 0 Å². The SMILES string of the molecule is CC(=O)N1CCCC1C(=O)N(Cc1ccccc1)Cc1cccnc1. The van der Waals surface area contributed by atoms with Gasteiger partial charge in [-0.2, -0.15) is 0 Å². The molecule has 2 aromatic rings. The van der Waals surface area contributed by atoms with Gasteiger partial charge in [0.2, 0.25) is 11.8 Å². The maximum atomic E-state index is 13.2. The summed E-state index contributed by atoms with van der Waals surface area (Å²) in [5.74, 6) is -0.0164. The normalized spacial score (nSPS) is 16.7. The third-order valence-electron chi connectivity index (χ3n) is 4.57. The highest BCUT2D eigenvalue weighted by Crippen LogP contribution is 2.21. The van der Waals surface area contributed by atoms with E-state index in [1.54, 1.807) is 17.3 Å². The molecule has 1 fully saturated rings. The van der Waals surface area contributed by atoms with Crippen LogP contribution < -0.4 is 0 Å². The second-order valence-electron chi connectivity index (χ2n) is 6.41. The van der Waals surface area contributed by atoms with E-state index >= 15 is 0 Å². The molecule has 5 nitrogen and oxygen atoms in total. The van der Waals surface area contributed by atoms with E-state index in [2.05, 4.69) is 4.98 Å². The van der Waals surface area contributed by atoms with Gasteiger partial charge in [0.05, 0.1) is 0 Å². The molecule has 2 amide bonds. The second-order valence-corrected chi connectivity index (χ2v) is 6.41. The van der Waals surface area contributed by atoms with Crippen molar-refractivity contribution in [2.45, 2.75) is 38.9 Å². The monoisotopic (exact) mass is 337 g/mol. The van der Waals surface area contributed by atoms with Crippen molar-refractivity contribution in [3.05, 3.63) is 66.0 Å². The van der Waals surface area contributed by atoms with Gasteiger partial charge in [-0.1, -0.05) is 36.4 Å². The van der Waals surface area contributed by atoms with Crippen LogP contribution in [0.25, 0.3) is 0 Å². The number of amides is 2. The van der Waals surface area contributed by atoms with Gasteiger partial charge in [0.15, 0.2) is 0 Å². The lowest BCUT2D eigenvalue weighted by Gasteiger charge is -2.30. The molecule has 1 saturated heterocycles. The summed E-state index contributed by atoms with van der Waals surface area (Å²) >= 11 is 0. The summed E-state index contributed by atoms with van der Waals surface area (Å²) in [4.78, 5) is 32.7. The van der Waals surface area contributed by atoms with Crippen LogP contribution in [0.2, 0.25) is 0 Å². The van der Waals surface area contributed by atoms with Gasteiger partial charge in [0.25, 0.3) is 0 Å². The quantitative estimate of drug-likeness (QED) is 0.843. The molecule has 1 unspecified atom stereocenters. The summed E-state index contributed by atoms with van der Waals surface area (Å²) in [6, 6.07) is 13.4. The van der Waals surface area contributed by atoms with Crippen LogP contribution in [-0.2, 0) is 22.7 Å². The first kappa shape index (κ1) is 17.1. The molecule has 1 aliphatic rings. The maximum absolute atomic E-state index is 13.2. The van der Waals surface area contributed by atoms with Gasteiger partial charge in [-0.05, 0) is 30.0 Å². The zero-order valence-corrected chi connectivity index (χ0v) is 14.5. The molecule has 1 aromatic heterocycles. The first-order chi connectivity index (χ1) is 12.1. The lowest BCUT2D eigenvalue weighted by atomic mass is 10.1. The molecule has 25 heavy (non-hydrogen) atoms. The molecule has 0 radical (unpaired) electrons. The Morgan fingerprint density at radius 1 is 1.12 bits per heavy atom. The topological polar surface area (TPSA) is 53.5 Å². The molecular weight excluding hydrogens is 314 g/mol. The summed E-state index contributed by atoms with van der Waals surface area (Å²) in [6.07, 6.45) is 5.11. The third kappa shape index (κ3) is 4.24. The lowest BCUT2D eigenvalue weighted by Crippen LogP contribution is -2.46. The molecule has 3 rings (SSSR count). The molecular formula is C20H23N3O2. The predicted octanol–water partition coefficient (Wildman–Crippen LogP) is 2.62. The van der Waals surface area contributed by atoms with Crippen LogP contribution in [-0.4, -0.2) is 39.2 Å². The molecule has 1 aliphatic heterocycles. The van der Waals surface area contributed by atoms with E-state index in [1.807, 2.05) is 47.4 Å². The van der Waals surface area contributed by atoms with Crippen LogP contribution in [0.3, 0.4) is 0 Å². The first-order valence-electron chi connectivity index (χ1n) is 8.64. The van der Waals surface area contributed by atoms with Gasteiger partial charge in [-0.15, -0.1) is 0 Å². The van der Waals surface area contributed by atoms with Gasteiger partial charge in [-0.3, -0.25) is 14.6 Å². The zero-order chi connectivity index (χ0) is 17.6. The van der Waals surface area contributed by atoms with Crippen LogP contribution in [0, 0.1) is 0 Å². The van der Waals surface area contributed by atoms with E-state index in [0.717, 1.165) is 24.0 Å². The van der Waals surface area contributed by atoms with E-state index in [9.17, 15) is 9.59 Å². The number of likely N-dealkylation sites (tertiary alicyclic amines) is 1. The minimum atomic E-state index is -0.349. The molecule has 0 N–H and O–H groups in total. The van der Waals surface area contributed by atoms with Gasteiger partial charge in [-0.25, -0.2) is 0 Å². The fourth-order valence-electron chi connectivity index (χ4n) is 3.34. The van der Waals surface area contributed by atoms with Crippen molar-refractivity contribution in [2.24, 2.45) is 0 Å². The number of rotatable bonds is 5. The molecule has 0 saturated carbocycles. The Kier molecular flexibility index (Phi) is 5.43. The molecule has 0 bridgehead atoms. The number of hydrogen-bond donors (Lipinski definition) is 0. The third-order valence-corrected chi connectivity index (χ3v) is 4.57. The average Bonchev–Trinajstić information content (AvgIpc) is 3.12. The van der Waals surface area contributed by atoms with Crippen LogP contribution in [0.4, 0.5) is 0 Å². The van der Waals surface area contributed by atoms with Crippen molar-refractivity contribution in [3.8, 4) is 0 Å². The average molecular weight is 337 g/mol. The first-order valence-corrected chi connectivity index (χ1v) is 8.64. The number of carbonyl (C=O) groups is 2. The van der Waals surface area contributed by atoms with Gasteiger partial charge < -0.3 is 9.80 Å². The van der Waals surface area contributed by atoms with Crippen LogP contribution >= 0.6 is 0 Å². The number of hydrogen-bond acceptors (Lipinski definition) is 3. The summed E-state index contributed by atoms with van der Waals surface area (Å²) in [7, 11) is 0. The Balaban J connectivity index is 1.82. The molecule has 0 spiro atoms. The molecule has 5 heteroatoms. The van der Waals surface area contributed by atoms with Crippen molar-refractivity contribution in [1.29, 1.82) is 0 Å². The maximum Gasteiger partial charge on any atom is 0.245 e. The minimum absolute atomic E-state index is 0.0143. The summed E-state index contributed by atoms with van der Waals surface area (Å²) in [5.41, 5.74) is 2.06. The van der Waals surface area contributed by atoms with Crippen molar-refractivity contribution in [1.82, 2.24) is 14.8 Å². The number of carbonyl (C=O) groups excluding carboxylic acids is 2. The van der Waals surface area contributed by atoms with Crippen molar-refractivity contribution in [3.63, 3.8) is 0 Å². The lowest BCUT2D eigenvalue weighted by molar-refractivity contribution is -0.143. The van der Waals surface area contributed by atoms with Gasteiger partial charge in [0, 0.05) is 39.0 Å². The van der Waals surface area contributed by atoms with Crippen LogP contribution in [0.15, 0.2) is 54.9 Å². The zero-order valence-electron chi connectivity index (χ0n) is 14.5. The van der Waals surface area contributed by atoms with E-state index in [1.165, 1.54) is 6.92 Å². The Bertz CT molecular complexity index is 677. The minimum Gasteiger partial charge on any atom is -0.332 e. The van der Waals surface area contributed by atoms with Crippen molar-refractivity contribution in [2.75, 3.05) is 6.54 Å². The number of aromatic nitrogens is 1. The predicted molar refractivity (Wildman–Crippen MR) is 95.3 cm³/mol. The fraction of sp³-hybridized carbons (Fsp3) is 0.350. The van der Waals surface area contributed by atoms with Crippen molar-refractivity contribution >= 4 is 11.8 Å². The Morgan fingerprint density at radius 3 is 2.52 bits per heavy atom. The Morgan fingerprint density at radius 2 is 1.84 bits per heavy atom. The van der Waals surface area contributed by atoms with Gasteiger partial charge in [0.1, 0.15) is 6.04 Å². The summed E-state index contributed by atoms with van der Waals surface area (Å²) in [6.45, 7) is 3.21. The molecule has 0 aliphatic carbocycles. The van der Waals surface area contributed by atoms with E-state index in [4.69, 9.17) is 0 Å². The Hall–Kier alpha value is -2.69. The molecule has 2 heterocycles. The highest BCUT2D eigenvalue weighted by atomic mass is 16.2. The smallest absolute Gasteiger partial charge is 0.245 e. The largest absolute Gasteiger partial charge is 0.332 e. The van der Waals surface area contributed by atoms with E-state index in [0.29, 0.717) is 19.6 Å². The number of nitrogens with zero attached hydrogens (tertiary/aromatic N) is 3. The van der Waals surface area contributed by atoms with Crippen LogP contribution in [0.5, 0.6) is 0 Å². The highest BCUT2D eigenvalue weighted by molar-refractivity contribution is 5.87. The highest BCUT2D eigenvalue weighted by Gasteiger charge is 2.35. The number of benzene rings is 1. The van der Waals surface area contributed by atoms with E-state index in [-0.39, 0.29) is 17.9 Å². The van der Waals surface area contributed by atoms with Crippen molar-refractivity contribution < 1.29 is 9.59 Å². The van der Waals surface area contributed by atoms with Crippen LogP contribution in [0.1, 0.15) is 30.9 Å². The second kappa shape index (κ2) is 7.92. The Labute approximate surface area is 148 Å². The number of pyridine rings is 1. The summed E-state index contributed by atoms with van der Waals surface area (Å²) in [5, 5.41) is 0. The molecule has 1 aromatic carbocycles. The summed E-state index contributed by atoms with van der Waals surface area (Å²) < 4.78 is 0. The molecule has 130 valence electrons. The molecule has 1 atom stereocenters. The van der Waals surface area contributed by atoms with E-state index < -0.39 is 0 Å².